The van der Waals surface area contributed by atoms with Crippen LogP contribution < -0.4 is 0 Å². The molecule has 0 atom stereocenters. The van der Waals surface area contributed by atoms with Crippen molar-refractivity contribution in [2.75, 3.05) is 0 Å². The van der Waals surface area contributed by atoms with Crippen molar-refractivity contribution in [3.8, 4) is 0 Å². The Morgan fingerprint density at radius 1 is 1.06 bits per heavy atom. The third kappa shape index (κ3) is 2.51. The van der Waals surface area contributed by atoms with E-state index in [0.29, 0.717) is 10.0 Å². The van der Waals surface area contributed by atoms with Crippen molar-refractivity contribution >= 4 is 23.2 Å². The molecule has 0 N–H and O–H groups in total. The van der Waals surface area contributed by atoms with Crippen LogP contribution in [0.4, 0.5) is 0 Å². The SMILES string of the molecule is Cc1cn(Cc2ccc(Cl)c(Cl)c2)c(C)c1C. The second kappa shape index (κ2) is 4.75. The van der Waals surface area contributed by atoms with Gasteiger partial charge in [0.2, 0.25) is 0 Å². The van der Waals surface area contributed by atoms with Crippen molar-refractivity contribution in [2.45, 2.75) is 27.3 Å². The number of benzene rings is 1. The van der Waals surface area contributed by atoms with Gasteiger partial charge in [0.25, 0.3) is 0 Å². The van der Waals surface area contributed by atoms with E-state index >= 15 is 0 Å². The van der Waals surface area contributed by atoms with Crippen LogP contribution in [0.2, 0.25) is 10.0 Å². The molecule has 1 heterocycles. The van der Waals surface area contributed by atoms with E-state index in [-0.39, 0.29) is 0 Å². The molecule has 0 amide bonds. The minimum Gasteiger partial charge on any atom is -0.347 e. The first-order valence-electron chi connectivity index (χ1n) is 5.56. The largest absolute Gasteiger partial charge is 0.347 e. The van der Waals surface area contributed by atoms with E-state index in [0.717, 1.165) is 12.1 Å². The topological polar surface area (TPSA) is 4.93 Å². The van der Waals surface area contributed by atoms with Crippen LogP contribution in [-0.4, -0.2) is 4.57 Å². The second-order valence-electron chi connectivity index (χ2n) is 4.40. The molecule has 1 aromatic carbocycles. The van der Waals surface area contributed by atoms with E-state index in [2.05, 4.69) is 31.5 Å². The van der Waals surface area contributed by atoms with Crippen LogP contribution in [-0.2, 0) is 6.54 Å². The van der Waals surface area contributed by atoms with Crippen LogP contribution in [0.3, 0.4) is 0 Å². The monoisotopic (exact) mass is 267 g/mol. The van der Waals surface area contributed by atoms with Gasteiger partial charge in [-0.3, -0.25) is 0 Å². The van der Waals surface area contributed by atoms with Crippen LogP contribution in [0, 0.1) is 20.8 Å². The van der Waals surface area contributed by atoms with Gasteiger partial charge in [0.05, 0.1) is 10.0 Å². The van der Waals surface area contributed by atoms with Crippen molar-refractivity contribution in [1.29, 1.82) is 0 Å². The van der Waals surface area contributed by atoms with Gasteiger partial charge in [-0.1, -0.05) is 29.3 Å². The van der Waals surface area contributed by atoms with Crippen LogP contribution in [0.1, 0.15) is 22.4 Å². The third-order valence-electron chi connectivity index (χ3n) is 3.25. The molecule has 0 unspecified atom stereocenters. The summed E-state index contributed by atoms with van der Waals surface area (Å²) in [6.45, 7) is 7.25. The number of aromatic nitrogens is 1. The van der Waals surface area contributed by atoms with Crippen molar-refractivity contribution in [3.63, 3.8) is 0 Å². The highest BCUT2D eigenvalue weighted by molar-refractivity contribution is 6.42. The number of aryl methyl sites for hydroxylation is 1. The maximum atomic E-state index is 6.02. The lowest BCUT2D eigenvalue weighted by molar-refractivity contribution is 0.772. The summed E-state index contributed by atoms with van der Waals surface area (Å²) in [6.07, 6.45) is 2.17. The van der Waals surface area contributed by atoms with Crippen molar-refractivity contribution in [3.05, 3.63) is 56.8 Å². The molecule has 2 aromatic rings. The molecular weight excluding hydrogens is 253 g/mol. The Morgan fingerprint density at radius 2 is 1.76 bits per heavy atom. The standard InChI is InChI=1S/C14H15Cl2N/c1-9-7-17(11(3)10(9)2)8-12-4-5-13(15)14(16)6-12/h4-7H,8H2,1-3H3. The van der Waals surface area contributed by atoms with E-state index in [1.165, 1.54) is 16.8 Å². The van der Waals surface area contributed by atoms with Crippen LogP contribution in [0.5, 0.6) is 0 Å². The molecule has 0 fully saturated rings. The fourth-order valence-corrected chi connectivity index (χ4v) is 2.25. The molecule has 0 saturated carbocycles. The molecule has 0 aliphatic carbocycles. The van der Waals surface area contributed by atoms with Gasteiger partial charge >= 0.3 is 0 Å². The predicted molar refractivity (Wildman–Crippen MR) is 74.2 cm³/mol. The van der Waals surface area contributed by atoms with Crippen LogP contribution in [0.15, 0.2) is 24.4 Å². The quantitative estimate of drug-likeness (QED) is 0.739. The first-order valence-corrected chi connectivity index (χ1v) is 6.31. The van der Waals surface area contributed by atoms with Gasteiger partial charge in [-0.2, -0.15) is 0 Å². The summed E-state index contributed by atoms with van der Waals surface area (Å²) in [5, 5.41) is 1.22. The zero-order valence-electron chi connectivity index (χ0n) is 10.2. The van der Waals surface area contributed by atoms with Crippen molar-refractivity contribution < 1.29 is 0 Å². The highest BCUT2D eigenvalue weighted by Crippen LogP contribution is 2.24. The molecule has 2 rings (SSSR count). The molecule has 0 saturated heterocycles. The molecule has 3 heteroatoms. The average molecular weight is 268 g/mol. The molecule has 1 nitrogen and oxygen atoms in total. The minimum atomic E-state index is 0.604. The van der Waals surface area contributed by atoms with Crippen molar-refractivity contribution in [1.82, 2.24) is 4.57 Å². The summed E-state index contributed by atoms with van der Waals surface area (Å²) in [6, 6.07) is 5.78. The van der Waals surface area contributed by atoms with E-state index in [1.807, 2.05) is 18.2 Å². The van der Waals surface area contributed by atoms with Gasteiger partial charge in [0.15, 0.2) is 0 Å². The third-order valence-corrected chi connectivity index (χ3v) is 3.99. The number of hydrogen-bond donors (Lipinski definition) is 0. The molecule has 1 aromatic heterocycles. The van der Waals surface area contributed by atoms with Crippen LogP contribution >= 0.6 is 23.2 Å². The number of halogens is 2. The van der Waals surface area contributed by atoms with Gasteiger partial charge < -0.3 is 4.57 Å². The van der Waals surface area contributed by atoms with E-state index in [1.54, 1.807) is 0 Å². The first-order chi connectivity index (χ1) is 7.99. The Morgan fingerprint density at radius 3 is 2.29 bits per heavy atom. The van der Waals surface area contributed by atoms with Gasteiger partial charge in [0.1, 0.15) is 0 Å². The Balaban J connectivity index is 2.31. The average Bonchev–Trinajstić information content (AvgIpc) is 2.52. The van der Waals surface area contributed by atoms with Crippen LogP contribution in [0.25, 0.3) is 0 Å². The maximum absolute atomic E-state index is 6.02. The highest BCUT2D eigenvalue weighted by Gasteiger charge is 2.06. The van der Waals surface area contributed by atoms with Gasteiger partial charge in [-0.15, -0.1) is 0 Å². The Bertz CT molecular complexity index is 556. The Hall–Kier alpha value is -0.920. The highest BCUT2D eigenvalue weighted by atomic mass is 35.5. The molecule has 0 aliphatic rings. The first kappa shape index (κ1) is 12.5. The molecular formula is C14H15Cl2N. The summed E-state index contributed by atoms with van der Waals surface area (Å²) in [5.74, 6) is 0. The maximum Gasteiger partial charge on any atom is 0.0595 e. The molecule has 0 radical (unpaired) electrons. The fraction of sp³-hybridized carbons (Fsp3) is 0.286. The molecule has 90 valence electrons. The van der Waals surface area contributed by atoms with E-state index in [4.69, 9.17) is 23.2 Å². The lowest BCUT2D eigenvalue weighted by Gasteiger charge is -2.07. The second-order valence-corrected chi connectivity index (χ2v) is 5.21. The summed E-state index contributed by atoms with van der Waals surface area (Å²) >= 11 is 11.9. The summed E-state index contributed by atoms with van der Waals surface area (Å²) in [5.41, 5.74) is 5.14. The predicted octanol–water partition coefficient (Wildman–Crippen LogP) is 4.77. The number of nitrogens with zero attached hydrogens (tertiary/aromatic N) is 1. The Labute approximate surface area is 112 Å². The number of rotatable bonds is 2. The summed E-state index contributed by atoms with van der Waals surface area (Å²) < 4.78 is 2.24. The van der Waals surface area contributed by atoms with E-state index in [9.17, 15) is 0 Å². The summed E-state index contributed by atoms with van der Waals surface area (Å²) in [7, 11) is 0. The molecule has 17 heavy (non-hydrogen) atoms. The molecule has 0 aliphatic heterocycles. The zero-order valence-corrected chi connectivity index (χ0v) is 11.7. The van der Waals surface area contributed by atoms with Gasteiger partial charge in [0, 0.05) is 18.4 Å². The lowest BCUT2D eigenvalue weighted by atomic mass is 10.2. The molecule has 0 spiro atoms. The zero-order chi connectivity index (χ0) is 12.6. The Kier molecular flexibility index (Phi) is 3.50. The van der Waals surface area contributed by atoms with Gasteiger partial charge in [-0.25, -0.2) is 0 Å². The lowest BCUT2D eigenvalue weighted by Crippen LogP contribution is -2.00. The minimum absolute atomic E-state index is 0.604. The van der Waals surface area contributed by atoms with Gasteiger partial charge in [-0.05, 0) is 49.6 Å². The smallest absolute Gasteiger partial charge is 0.0595 e. The fourth-order valence-electron chi connectivity index (χ4n) is 1.93. The van der Waals surface area contributed by atoms with Crippen molar-refractivity contribution in [2.24, 2.45) is 0 Å². The van der Waals surface area contributed by atoms with E-state index < -0.39 is 0 Å². The number of hydrogen-bond acceptors (Lipinski definition) is 0. The normalized spacial score (nSPS) is 10.9. The molecule has 0 bridgehead atoms. The summed E-state index contributed by atoms with van der Waals surface area (Å²) in [4.78, 5) is 0.